The number of carbonyl (C=O) groups excluding carboxylic acids is 2. The number of hydrogen-bond acceptors (Lipinski definition) is 3. The summed E-state index contributed by atoms with van der Waals surface area (Å²) in [4.78, 5) is 29.9. The van der Waals surface area contributed by atoms with Crippen LogP contribution in [0.4, 0.5) is 0 Å². The molecule has 1 fully saturated rings. The van der Waals surface area contributed by atoms with Gasteiger partial charge in [-0.05, 0) is 42.0 Å². The topological polar surface area (TPSA) is 40.6 Å². The number of amides is 2. The lowest BCUT2D eigenvalue weighted by Gasteiger charge is -2.35. The molecule has 0 atom stereocenters. The molecule has 0 unspecified atom stereocenters. The summed E-state index contributed by atoms with van der Waals surface area (Å²) in [7, 11) is 0. The third-order valence-electron chi connectivity index (χ3n) is 4.69. The van der Waals surface area contributed by atoms with Crippen LogP contribution in [0.15, 0.2) is 41.8 Å². The highest BCUT2D eigenvalue weighted by Gasteiger charge is 2.24. The van der Waals surface area contributed by atoms with Crippen LogP contribution < -0.4 is 0 Å². The summed E-state index contributed by atoms with van der Waals surface area (Å²) in [6.07, 6.45) is 2.33. The van der Waals surface area contributed by atoms with Crippen molar-refractivity contribution in [2.45, 2.75) is 26.2 Å². The van der Waals surface area contributed by atoms with Crippen LogP contribution in [-0.2, 0) is 17.6 Å². The minimum atomic E-state index is 0.0633. The van der Waals surface area contributed by atoms with E-state index in [1.807, 2.05) is 45.5 Å². The van der Waals surface area contributed by atoms with Crippen LogP contribution in [0.3, 0.4) is 0 Å². The van der Waals surface area contributed by atoms with E-state index in [1.54, 1.807) is 11.3 Å². The Hall–Kier alpha value is -2.14. The second-order valence-electron chi connectivity index (χ2n) is 6.30. The third-order valence-corrected chi connectivity index (χ3v) is 5.63. The average Bonchev–Trinajstić information content (AvgIpc) is 3.19. The molecule has 0 spiro atoms. The summed E-state index contributed by atoms with van der Waals surface area (Å²) in [5.41, 5.74) is 1.97. The smallest absolute Gasteiger partial charge is 0.253 e. The van der Waals surface area contributed by atoms with Gasteiger partial charge in [0.15, 0.2) is 0 Å². The highest BCUT2D eigenvalue weighted by atomic mass is 32.1. The predicted octanol–water partition coefficient (Wildman–Crippen LogP) is 3.23. The fourth-order valence-electron chi connectivity index (χ4n) is 3.07. The van der Waals surface area contributed by atoms with Crippen molar-refractivity contribution in [1.29, 1.82) is 0 Å². The number of nitrogens with zero attached hydrogens (tertiary/aromatic N) is 2. The molecule has 0 radical (unpaired) electrons. The van der Waals surface area contributed by atoms with Crippen molar-refractivity contribution in [3.63, 3.8) is 0 Å². The number of thiophene rings is 1. The van der Waals surface area contributed by atoms with E-state index < -0.39 is 0 Å². The van der Waals surface area contributed by atoms with Gasteiger partial charge in [0.2, 0.25) is 5.91 Å². The molecule has 2 heterocycles. The summed E-state index contributed by atoms with van der Waals surface area (Å²) < 4.78 is 0. The summed E-state index contributed by atoms with van der Waals surface area (Å²) in [6.45, 7) is 4.58. The second kappa shape index (κ2) is 8.30. The second-order valence-corrected chi connectivity index (χ2v) is 7.34. The molecule has 1 aliphatic rings. The molecule has 0 aliphatic carbocycles. The Morgan fingerprint density at radius 3 is 2.28 bits per heavy atom. The minimum absolute atomic E-state index is 0.0633. The molecule has 0 N–H and O–H groups in total. The van der Waals surface area contributed by atoms with E-state index in [2.05, 4.69) is 13.0 Å². The van der Waals surface area contributed by atoms with Crippen molar-refractivity contribution in [3.05, 3.63) is 57.8 Å². The zero-order valence-corrected chi connectivity index (χ0v) is 15.4. The van der Waals surface area contributed by atoms with Crippen LogP contribution in [0, 0.1) is 0 Å². The predicted molar refractivity (Wildman–Crippen MR) is 101 cm³/mol. The van der Waals surface area contributed by atoms with Gasteiger partial charge in [0.05, 0.1) is 0 Å². The van der Waals surface area contributed by atoms with Gasteiger partial charge in [-0.25, -0.2) is 0 Å². The highest BCUT2D eigenvalue weighted by Crippen LogP contribution is 2.14. The first-order chi connectivity index (χ1) is 12.2. The van der Waals surface area contributed by atoms with Crippen LogP contribution in [0.5, 0.6) is 0 Å². The fourth-order valence-corrected chi connectivity index (χ4v) is 3.78. The van der Waals surface area contributed by atoms with E-state index in [-0.39, 0.29) is 11.8 Å². The Bertz CT molecular complexity index is 702. The zero-order valence-electron chi connectivity index (χ0n) is 14.6. The molecule has 0 bridgehead atoms. The molecular weight excluding hydrogens is 332 g/mol. The summed E-state index contributed by atoms with van der Waals surface area (Å²) >= 11 is 1.69. The van der Waals surface area contributed by atoms with Gasteiger partial charge in [0.1, 0.15) is 0 Å². The van der Waals surface area contributed by atoms with Gasteiger partial charge in [-0.15, -0.1) is 11.3 Å². The molecule has 1 aromatic carbocycles. The SMILES string of the molecule is CCc1ccc(C(=O)N2CCN(C(=O)CCc3cccs3)CC2)cc1. The normalized spacial score (nSPS) is 14.6. The Balaban J connectivity index is 1.48. The Kier molecular flexibility index (Phi) is 5.87. The largest absolute Gasteiger partial charge is 0.339 e. The molecule has 2 amide bonds. The van der Waals surface area contributed by atoms with E-state index in [0.717, 1.165) is 18.4 Å². The summed E-state index contributed by atoms with van der Waals surface area (Å²) in [5.74, 6) is 0.251. The quantitative estimate of drug-likeness (QED) is 0.825. The van der Waals surface area contributed by atoms with E-state index in [1.165, 1.54) is 10.4 Å². The van der Waals surface area contributed by atoms with Crippen LogP contribution in [0.25, 0.3) is 0 Å². The average molecular weight is 356 g/mol. The van der Waals surface area contributed by atoms with E-state index in [0.29, 0.717) is 32.6 Å². The first-order valence-corrected chi connectivity index (χ1v) is 9.73. The van der Waals surface area contributed by atoms with Gasteiger partial charge in [-0.3, -0.25) is 9.59 Å². The van der Waals surface area contributed by atoms with Crippen molar-refractivity contribution in [3.8, 4) is 0 Å². The molecule has 5 heteroatoms. The fraction of sp³-hybridized carbons (Fsp3) is 0.400. The van der Waals surface area contributed by atoms with Crippen LogP contribution in [0.1, 0.15) is 34.1 Å². The highest BCUT2D eigenvalue weighted by molar-refractivity contribution is 7.09. The van der Waals surface area contributed by atoms with E-state index in [9.17, 15) is 9.59 Å². The number of carbonyl (C=O) groups is 2. The van der Waals surface area contributed by atoms with Gasteiger partial charge in [-0.2, -0.15) is 0 Å². The van der Waals surface area contributed by atoms with Crippen LogP contribution in [-0.4, -0.2) is 47.8 Å². The lowest BCUT2D eigenvalue weighted by Crippen LogP contribution is -2.50. The van der Waals surface area contributed by atoms with Crippen molar-refractivity contribution in [1.82, 2.24) is 9.80 Å². The molecule has 132 valence electrons. The van der Waals surface area contributed by atoms with Crippen LogP contribution in [0.2, 0.25) is 0 Å². The number of hydrogen-bond donors (Lipinski definition) is 0. The van der Waals surface area contributed by atoms with Gasteiger partial charge < -0.3 is 9.80 Å². The summed E-state index contributed by atoms with van der Waals surface area (Å²) in [5, 5.41) is 2.04. The van der Waals surface area contributed by atoms with E-state index >= 15 is 0 Å². The summed E-state index contributed by atoms with van der Waals surface area (Å²) in [6, 6.07) is 11.9. The Labute approximate surface area is 153 Å². The molecule has 2 aromatic rings. The Morgan fingerprint density at radius 1 is 1.00 bits per heavy atom. The first-order valence-electron chi connectivity index (χ1n) is 8.85. The molecule has 1 saturated heterocycles. The maximum atomic E-state index is 12.6. The molecular formula is C20H24N2O2S. The van der Waals surface area contributed by atoms with Gasteiger partial charge in [0.25, 0.3) is 5.91 Å². The standard InChI is InChI=1S/C20H24N2O2S/c1-2-16-5-7-17(8-6-16)20(24)22-13-11-21(12-14-22)19(23)10-9-18-4-3-15-25-18/h3-8,15H,2,9-14H2,1H3. The maximum absolute atomic E-state index is 12.6. The third kappa shape index (κ3) is 4.48. The Morgan fingerprint density at radius 2 is 1.68 bits per heavy atom. The number of piperazine rings is 1. The number of benzene rings is 1. The molecule has 1 aliphatic heterocycles. The maximum Gasteiger partial charge on any atom is 0.253 e. The number of aryl methyl sites for hydroxylation is 2. The minimum Gasteiger partial charge on any atom is -0.339 e. The molecule has 1 aromatic heterocycles. The lowest BCUT2D eigenvalue weighted by molar-refractivity contribution is -0.132. The van der Waals surface area contributed by atoms with Crippen molar-refractivity contribution >= 4 is 23.2 Å². The van der Waals surface area contributed by atoms with E-state index in [4.69, 9.17) is 0 Å². The molecule has 25 heavy (non-hydrogen) atoms. The first kappa shape index (κ1) is 17.7. The molecule has 3 rings (SSSR count). The molecule has 4 nitrogen and oxygen atoms in total. The van der Waals surface area contributed by atoms with Gasteiger partial charge >= 0.3 is 0 Å². The monoisotopic (exact) mass is 356 g/mol. The zero-order chi connectivity index (χ0) is 17.6. The van der Waals surface area contributed by atoms with Crippen molar-refractivity contribution in [2.75, 3.05) is 26.2 Å². The lowest BCUT2D eigenvalue weighted by atomic mass is 10.1. The van der Waals surface area contributed by atoms with Gasteiger partial charge in [0, 0.05) is 43.0 Å². The van der Waals surface area contributed by atoms with Crippen molar-refractivity contribution < 1.29 is 9.59 Å². The molecule has 0 saturated carbocycles. The number of rotatable bonds is 5. The van der Waals surface area contributed by atoms with Crippen LogP contribution >= 0.6 is 11.3 Å². The van der Waals surface area contributed by atoms with Gasteiger partial charge in [-0.1, -0.05) is 25.1 Å². The van der Waals surface area contributed by atoms with Crippen molar-refractivity contribution in [2.24, 2.45) is 0 Å².